The molecule has 1 atom stereocenters. The first-order valence-corrected chi connectivity index (χ1v) is 16.8. The van der Waals surface area contributed by atoms with Crippen molar-refractivity contribution in [3.8, 4) is 11.1 Å². The summed E-state index contributed by atoms with van der Waals surface area (Å²) in [6.07, 6.45) is 4.93. The second-order valence-corrected chi connectivity index (χ2v) is 20.1. The standard InChI is InChI=1S/C21H25.C9H7.C3H6.2ClH.Zr/c1-20(2,3)16-7-9-18-14(12-16)11-15-13-17(21(4,5)6)8-10-19(15)18;1-2-5-9-7-3-6-8(9)4-1;1-3-2;;;/h7-13H,1-6H3;1-7H;1-2H3;2*1H;/q;;;;;+2/p-2. The van der Waals surface area contributed by atoms with Crippen molar-refractivity contribution in [2.45, 2.75) is 73.5 Å². The molecule has 0 fully saturated rings. The third-order valence-corrected chi connectivity index (χ3v) is 16.6. The van der Waals surface area contributed by atoms with Crippen LogP contribution in [0, 0.1) is 0 Å². The molecule has 0 bridgehead atoms. The van der Waals surface area contributed by atoms with Crippen LogP contribution in [-0.2, 0) is 32.1 Å². The zero-order valence-electron chi connectivity index (χ0n) is 22.8. The molecule has 36 heavy (non-hydrogen) atoms. The van der Waals surface area contributed by atoms with Crippen molar-refractivity contribution in [3.63, 3.8) is 0 Å². The Morgan fingerprint density at radius 2 is 1.17 bits per heavy atom. The predicted octanol–water partition coefficient (Wildman–Crippen LogP) is 2.96. The van der Waals surface area contributed by atoms with Crippen LogP contribution >= 0.6 is 0 Å². The number of hydrogen-bond acceptors (Lipinski definition) is 0. The van der Waals surface area contributed by atoms with Crippen LogP contribution in [0.3, 0.4) is 0 Å². The Morgan fingerprint density at radius 1 is 0.667 bits per heavy atom. The molecule has 0 spiro atoms. The molecule has 0 saturated heterocycles. The molecule has 0 nitrogen and oxygen atoms in total. The van der Waals surface area contributed by atoms with Crippen molar-refractivity contribution in [1.29, 1.82) is 0 Å². The molecule has 5 rings (SSSR count). The number of halogens is 2. The fourth-order valence-electron chi connectivity index (χ4n) is 5.83. The van der Waals surface area contributed by atoms with E-state index in [1.54, 1.807) is 19.9 Å². The SMILES string of the molecule is C[C](C)=[Zr+2]([CH]1C=Cc2ccccc21)[CH]1c2cc(C(C)(C)C)ccc2-c2ccc(C(C)(C)C)cc21.[Cl-].[Cl-]. The first kappa shape index (κ1) is 29.3. The minimum atomic E-state index is -2.22. The number of hydrogen-bond donors (Lipinski definition) is 0. The van der Waals surface area contributed by atoms with Gasteiger partial charge in [-0.05, 0) is 0 Å². The van der Waals surface area contributed by atoms with E-state index in [1.165, 1.54) is 27.8 Å². The molecular weight excluding hydrogens is 558 g/mol. The van der Waals surface area contributed by atoms with Crippen LogP contribution in [0.5, 0.6) is 0 Å². The van der Waals surface area contributed by atoms with Gasteiger partial charge in [-0.2, -0.15) is 0 Å². The van der Waals surface area contributed by atoms with Crippen molar-refractivity contribution in [1.82, 2.24) is 0 Å². The maximum atomic E-state index is 2.57. The van der Waals surface area contributed by atoms with Gasteiger partial charge < -0.3 is 24.8 Å². The third kappa shape index (κ3) is 5.06. The van der Waals surface area contributed by atoms with E-state index in [0.717, 1.165) is 0 Å². The zero-order chi connectivity index (χ0) is 24.4. The summed E-state index contributed by atoms with van der Waals surface area (Å²) in [5.74, 6) is 0. The maximum Gasteiger partial charge on any atom is -1.00 e. The molecule has 2 aliphatic rings. The van der Waals surface area contributed by atoms with Crippen molar-refractivity contribution >= 4 is 9.28 Å². The minimum absolute atomic E-state index is 0. The maximum absolute atomic E-state index is 2.57. The van der Waals surface area contributed by atoms with Gasteiger partial charge in [0.05, 0.1) is 0 Å². The van der Waals surface area contributed by atoms with Crippen molar-refractivity contribution in [3.05, 3.63) is 100 Å². The van der Waals surface area contributed by atoms with E-state index in [-0.39, 0.29) is 35.6 Å². The monoisotopic (exact) mass is 594 g/mol. The van der Waals surface area contributed by atoms with Gasteiger partial charge >= 0.3 is 215 Å². The smallest absolute Gasteiger partial charge is 1.00 e. The number of allylic oxidation sites excluding steroid dienone is 1. The Bertz CT molecular complexity index is 1280. The fourth-order valence-corrected chi connectivity index (χ4v) is 14.7. The van der Waals surface area contributed by atoms with Gasteiger partial charge in [0.25, 0.3) is 0 Å². The van der Waals surface area contributed by atoms with Crippen molar-refractivity contribution < 1.29 is 46.1 Å². The fraction of sp³-hybridized carbons (Fsp3) is 0.364. The summed E-state index contributed by atoms with van der Waals surface area (Å²) in [5.41, 5.74) is 12.4. The summed E-state index contributed by atoms with van der Waals surface area (Å²) in [4.78, 5) is 0. The van der Waals surface area contributed by atoms with Gasteiger partial charge in [0.15, 0.2) is 0 Å². The molecule has 0 radical (unpaired) electrons. The molecule has 3 heteroatoms. The summed E-state index contributed by atoms with van der Waals surface area (Å²) < 4.78 is 2.87. The van der Waals surface area contributed by atoms with Gasteiger partial charge in [0, 0.05) is 0 Å². The van der Waals surface area contributed by atoms with Crippen LogP contribution in [-0.4, -0.2) is 3.21 Å². The predicted molar refractivity (Wildman–Crippen MR) is 146 cm³/mol. The molecule has 0 N–H and O–H groups in total. The molecule has 2 aliphatic carbocycles. The molecule has 1 unspecified atom stereocenters. The zero-order valence-corrected chi connectivity index (χ0v) is 26.8. The molecule has 3 aromatic rings. The first-order chi connectivity index (χ1) is 16.0. The molecule has 188 valence electrons. The van der Waals surface area contributed by atoms with Gasteiger partial charge in [0.1, 0.15) is 0 Å². The summed E-state index contributed by atoms with van der Waals surface area (Å²) in [5, 5.41) is 0. The van der Waals surface area contributed by atoms with Crippen LogP contribution in [0.4, 0.5) is 0 Å². The van der Waals surface area contributed by atoms with E-state index >= 15 is 0 Å². The quantitative estimate of drug-likeness (QED) is 0.427. The van der Waals surface area contributed by atoms with E-state index in [0.29, 0.717) is 7.25 Å². The summed E-state index contributed by atoms with van der Waals surface area (Å²) >= 11 is -2.22. The minimum Gasteiger partial charge on any atom is -1.00 e. The van der Waals surface area contributed by atoms with Gasteiger partial charge in [-0.1, -0.05) is 0 Å². The first-order valence-electron chi connectivity index (χ1n) is 12.7. The second kappa shape index (κ2) is 10.5. The van der Waals surface area contributed by atoms with E-state index in [9.17, 15) is 0 Å². The van der Waals surface area contributed by atoms with Crippen molar-refractivity contribution in [2.24, 2.45) is 0 Å². The Hall–Kier alpha value is -1.27. The van der Waals surface area contributed by atoms with Gasteiger partial charge in [-0.3, -0.25) is 0 Å². The summed E-state index contributed by atoms with van der Waals surface area (Å²) in [6, 6.07) is 23.8. The topological polar surface area (TPSA) is 0 Å². The third-order valence-electron chi connectivity index (χ3n) is 7.77. The van der Waals surface area contributed by atoms with Crippen LogP contribution in [0.1, 0.15) is 96.0 Å². The van der Waals surface area contributed by atoms with E-state index in [2.05, 4.69) is 128 Å². The summed E-state index contributed by atoms with van der Waals surface area (Å²) in [7, 11) is 0. The second-order valence-electron chi connectivity index (χ2n) is 12.5. The van der Waals surface area contributed by atoms with E-state index < -0.39 is 21.3 Å². The molecular formula is C33H38Cl2Zr. The number of fused-ring (bicyclic) bond motifs is 4. The average molecular weight is 597 g/mol. The van der Waals surface area contributed by atoms with Crippen LogP contribution in [0.15, 0.2) is 66.7 Å². The molecule has 0 heterocycles. The Morgan fingerprint density at radius 3 is 1.64 bits per heavy atom. The molecule has 0 amide bonds. The molecule has 0 aromatic heterocycles. The molecule has 3 aromatic carbocycles. The summed E-state index contributed by atoms with van der Waals surface area (Å²) in [6.45, 7) is 18.9. The number of benzene rings is 3. The van der Waals surface area contributed by atoms with Crippen LogP contribution in [0.25, 0.3) is 17.2 Å². The van der Waals surface area contributed by atoms with Crippen molar-refractivity contribution in [2.75, 3.05) is 0 Å². The van der Waals surface area contributed by atoms with Gasteiger partial charge in [-0.15, -0.1) is 0 Å². The average Bonchev–Trinajstić information content (AvgIpc) is 3.32. The Kier molecular flexibility index (Phi) is 8.53. The van der Waals surface area contributed by atoms with E-state index in [4.69, 9.17) is 0 Å². The Labute approximate surface area is 238 Å². The number of rotatable bonds is 2. The van der Waals surface area contributed by atoms with Gasteiger partial charge in [-0.25, -0.2) is 0 Å². The molecule has 0 aliphatic heterocycles. The normalized spacial score (nSPS) is 15.7. The van der Waals surface area contributed by atoms with Gasteiger partial charge in [0.2, 0.25) is 0 Å². The molecule has 0 saturated carbocycles. The van der Waals surface area contributed by atoms with Crippen LogP contribution < -0.4 is 24.8 Å². The Balaban J connectivity index is 0.00000180. The van der Waals surface area contributed by atoms with Crippen LogP contribution in [0.2, 0.25) is 0 Å². The van der Waals surface area contributed by atoms with E-state index in [1.807, 2.05) is 0 Å². The largest absolute Gasteiger partial charge is 1.00 e.